The normalized spacial score (nSPS) is 15.7. The van der Waals surface area contributed by atoms with E-state index in [4.69, 9.17) is 4.98 Å². The van der Waals surface area contributed by atoms with Crippen LogP contribution < -0.4 is 4.90 Å². The lowest BCUT2D eigenvalue weighted by Gasteiger charge is -2.33. The Balaban J connectivity index is 0.994. The topological polar surface area (TPSA) is 16.1 Å². The molecule has 0 spiro atoms. The van der Waals surface area contributed by atoms with E-state index < -0.39 is 5.41 Å². The Hall–Kier alpha value is -6.55. The van der Waals surface area contributed by atoms with Crippen LogP contribution in [0.2, 0.25) is 0 Å². The molecule has 290 valence electrons. The molecule has 0 aliphatic heterocycles. The number of thiazole rings is 1. The van der Waals surface area contributed by atoms with E-state index in [2.05, 4.69) is 213 Å². The van der Waals surface area contributed by atoms with Crippen LogP contribution in [0.25, 0.3) is 33.0 Å². The summed E-state index contributed by atoms with van der Waals surface area (Å²) in [5.74, 6) is 0. The highest BCUT2D eigenvalue weighted by molar-refractivity contribution is 7.22. The number of allylic oxidation sites excluding steroid dienone is 5. The zero-order valence-electron chi connectivity index (χ0n) is 34.1. The largest absolute Gasteiger partial charge is 0.286 e. The summed E-state index contributed by atoms with van der Waals surface area (Å²) in [6, 6.07) is 64.6. The lowest BCUT2D eigenvalue weighted by atomic mass is 9.67. The highest BCUT2D eigenvalue weighted by atomic mass is 32.1. The Labute approximate surface area is 357 Å². The molecule has 3 aliphatic carbocycles. The molecule has 0 saturated heterocycles. The molecule has 1 aromatic heterocycles. The number of fused-ring (bicyclic) bond motifs is 6. The summed E-state index contributed by atoms with van der Waals surface area (Å²) in [6.07, 6.45) is 11.5. The predicted molar refractivity (Wildman–Crippen MR) is 254 cm³/mol. The molecule has 0 bridgehead atoms. The first-order valence-electron chi connectivity index (χ1n) is 21.5. The van der Waals surface area contributed by atoms with Crippen molar-refractivity contribution in [2.75, 3.05) is 4.90 Å². The average Bonchev–Trinajstić information content (AvgIpc) is 3.96. The molecule has 1 heterocycles. The SMILES string of the molecule is CCC1(CC)C2=C(CCC(/C=C/c3cccc4c3-c3ccccc3C4(c3ccccc3)c3ccccc3)=C2)c2ccc(N(c3ccccc3)c3nc4ccccc4s3)cc21. The van der Waals surface area contributed by atoms with E-state index in [1.54, 1.807) is 11.3 Å². The number of aromatic nitrogens is 1. The second-order valence-corrected chi connectivity index (χ2v) is 17.4. The molecule has 7 aromatic carbocycles. The Kier molecular flexibility index (Phi) is 8.90. The third-order valence-corrected chi connectivity index (χ3v) is 14.6. The van der Waals surface area contributed by atoms with Gasteiger partial charge in [0, 0.05) is 16.8 Å². The van der Waals surface area contributed by atoms with Crippen molar-refractivity contribution in [1.82, 2.24) is 4.98 Å². The summed E-state index contributed by atoms with van der Waals surface area (Å²) in [5.41, 5.74) is 19.4. The van der Waals surface area contributed by atoms with Gasteiger partial charge >= 0.3 is 0 Å². The average molecular weight is 791 g/mol. The molecule has 0 N–H and O–H groups in total. The maximum absolute atomic E-state index is 5.15. The number of rotatable bonds is 9. The van der Waals surface area contributed by atoms with E-state index in [9.17, 15) is 0 Å². The van der Waals surface area contributed by atoms with Crippen LogP contribution in [0.5, 0.6) is 0 Å². The summed E-state index contributed by atoms with van der Waals surface area (Å²) in [4.78, 5) is 7.50. The van der Waals surface area contributed by atoms with Crippen LogP contribution in [0.1, 0.15) is 78.5 Å². The van der Waals surface area contributed by atoms with Gasteiger partial charge in [-0.15, -0.1) is 0 Å². The van der Waals surface area contributed by atoms with Gasteiger partial charge in [-0.05, 0) is 129 Å². The number of benzene rings is 7. The van der Waals surface area contributed by atoms with E-state index >= 15 is 0 Å². The summed E-state index contributed by atoms with van der Waals surface area (Å²) >= 11 is 1.75. The zero-order chi connectivity index (χ0) is 40.3. The smallest absolute Gasteiger partial charge is 0.195 e. The molecule has 0 amide bonds. The quantitative estimate of drug-likeness (QED) is 0.145. The fourth-order valence-electron chi connectivity index (χ4n) is 10.8. The summed E-state index contributed by atoms with van der Waals surface area (Å²) < 4.78 is 1.20. The van der Waals surface area contributed by atoms with Gasteiger partial charge in [0.1, 0.15) is 0 Å². The molecule has 2 nitrogen and oxygen atoms in total. The monoisotopic (exact) mass is 790 g/mol. The third kappa shape index (κ3) is 5.49. The van der Waals surface area contributed by atoms with E-state index in [0.29, 0.717) is 0 Å². The van der Waals surface area contributed by atoms with Gasteiger partial charge in [-0.2, -0.15) is 0 Å². The molecule has 11 rings (SSSR count). The van der Waals surface area contributed by atoms with Crippen molar-refractivity contribution in [3.63, 3.8) is 0 Å². The minimum absolute atomic E-state index is 0.0615. The van der Waals surface area contributed by atoms with Gasteiger partial charge < -0.3 is 0 Å². The highest BCUT2D eigenvalue weighted by Crippen LogP contribution is 2.58. The van der Waals surface area contributed by atoms with Crippen LogP contribution in [0.3, 0.4) is 0 Å². The Morgan fingerprint density at radius 1 is 0.583 bits per heavy atom. The maximum atomic E-state index is 5.15. The van der Waals surface area contributed by atoms with Crippen molar-refractivity contribution < 1.29 is 0 Å². The molecule has 8 aromatic rings. The first-order valence-corrected chi connectivity index (χ1v) is 22.3. The van der Waals surface area contributed by atoms with Crippen LogP contribution in [0.15, 0.2) is 199 Å². The zero-order valence-corrected chi connectivity index (χ0v) is 34.9. The maximum Gasteiger partial charge on any atom is 0.195 e. The first-order chi connectivity index (χ1) is 29.6. The van der Waals surface area contributed by atoms with Crippen molar-refractivity contribution in [1.29, 1.82) is 0 Å². The van der Waals surface area contributed by atoms with Crippen LogP contribution in [-0.4, -0.2) is 4.98 Å². The lowest BCUT2D eigenvalue weighted by Crippen LogP contribution is -2.28. The molecule has 0 saturated carbocycles. The Morgan fingerprint density at radius 2 is 1.25 bits per heavy atom. The molecule has 3 heteroatoms. The summed E-state index contributed by atoms with van der Waals surface area (Å²) in [5, 5.41) is 0.990. The van der Waals surface area contributed by atoms with Crippen molar-refractivity contribution in [3.05, 3.63) is 238 Å². The number of anilines is 3. The van der Waals surface area contributed by atoms with Gasteiger partial charge in [0.15, 0.2) is 5.13 Å². The number of para-hydroxylation sites is 2. The number of hydrogen-bond acceptors (Lipinski definition) is 3. The van der Waals surface area contributed by atoms with Gasteiger partial charge in [0.25, 0.3) is 0 Å². The molecular formula is C57H46N2S. The molecule has 0 radical (unpaired) electrons. The number of hydrogen-bond donors (Lipinski definition) is 0. The van der Waals surface area contributed by atoms with Crippen LogP contribution in [0.4, 0.5) is 16.5 Å². The molecule has 0 fully saturated rings. The van der Waals surface area contributed by atoms with Crippen molar-refractivity contribution in [3.8, 4) is 11.1 Å². The van der Waals surface area contributed by atoms with Gasteiger partial charge in [-0.1, -0.05) is 183 Å². The highest BCUT2D eigenvalue weighted by Gasteiger charge is 2.47. The van der Waals surface area contributed by atoms with Crippen molar-refractivity contribution in [2.24, 2.45) is 0 Å². The molecular weight excluding hydrogens is 745 g/mol. The van der Waals surface area contributed by atoms with E-state index in [-0.39, 0.29) is 5.41 Å². The molecule has 0 unspecified atom stereocenters. The molecule has 60 heavy (non-hydrogen) atoms. The van der Waals surface area contributed by atoms with E-state index in [1.165, 1.54) is 71.5 Å². The fraction of sp³-hybridized carbons (Fsp3) is 0.140. The second kappa shape index (κ2) is 14.6. The number of nitrogens with zero attached hydrogens (tertiary/aromatic N) is 2. The van der Waals surface area contributed by atoms with Gasteiger partial charge in [-0.3, -0.25) is 4.90 Å². The standard InChI is InChI=1S/C57H46N2S/c1-3-56(4-2)50-37-39(32-35-45(50)46-36-34-44(38-51(46)56)59(43-24-12-7-13-25-43)55-58-52-29-16-17-30-53(52)60-55)31-33-40-19-18-28-49-54(40)47-26-14-15-27-48(47)57(49,41-20-8-5-9-21-41)42-22-10-6-11-23-42/h5-31,33-34,36-38H,3-4,32,35H2,1-2H3/b33-31+. The second-order valence-electron chi connectivity index (χ2n) is 16.4. The Morgan fingerprint density at radius 3 is 1.98 bits per heavy atom. The van der Waals surface area contributed by atoms with Crippen molar-refractivity contribution >= 4 is 49.7 Å². The van der Waals surface area contributed by atoms with Gasteiger partial charge in [-0.25, -0.2) is 4.98 Å². The first kappa shape index (κ1) is 36.5. The summed E-state index contributed by atoms with van der Waals surface area (Å²) in [6.45, 7) is 4.76. The fourth-order valence-corrected chi connectivity index (χ4v) is 11.8. The lowest BCUT2D eigenvalue weighted by molar-refractivity contribution is 0.485. The predicted octanol–water partition coefficient (Wildman–Crippen LogP) is 15.4. The van der Waals surface area contributed by atoms with Gasteiger partial charge in [0.2, 0.25) is 0 Å². The van der Waals surface area contributed by atoms with E-state index in [0.717, 1.165) is 47.7 Å². The van der Waals surface area contributed by atoms with Crippen LogP contribution in [-0.2, 0) is 10.8 Å². The third-order valence-electron chi connectivity index (χ3n) is 13.6. The molecule has 3 aliphatic rings. The Bertz CT molecular complexity index is 2930. The molecule has 0 atom stereocenters. The van der Waals surface area contributed by atoms with Crippen LogP contribution in [0, 0.1) is 0 Å². The van der Waals surface area contributed by atoms with Crippen molar-refractivity contribution in [2.45, 2.75) is 50.4 Å². The summed E-state index contributed by atoms with van der Waals surface area (Å²) in [7, 11) is 0. The van der Waals surface area contributed by atoms with E-state index in [1.807, 2.05) is 0 Å². The van der Waals surface area contributed by atoms with Gasteiger partial charge in [0.05, 0.1) is 15.6 Å². The minimum Gasteiger partial charge on any atom is -0.286 e. The van der Waals surface area contributed by atoms with Crippen LogP contribution >= 0.6 is 11.3 Å². The minimum atomic E-state index is -0.401.